The summed E-state index contributed by atoms with van der Waals surface area (Å²) in [6.45, 7) is -1.80. The predicted octanol–water partition coefficient (Wildman–Crippen LogP) is -0.210. The van der Waals surface area contributed by atoms with E-state index < -0.39 is 64.0 Å². The lowest BCUT2D eigenvalue weighted by atomic mass is 9.96. The second kappa shape index (κ2) is 8.07. The van der Waals surface area contributed by atoms with Gasteiger partial charge in [0.25, 0.3) is 5.69 Å². The van der Waals surface area contributed by atoms with Crippen molar-refractivity contribution in [3.05, 3.63) is 39.9 Å². The molecule has 1 aromatic rings. The second-order valence-corrected chi connectivity index (χ2v) is 8.86. The zero-order chi connectivity index (χ0) is 22.2. The molecule has 2 fully saturated rings. The number of nitro groups is 1. The molecule has 0 aromatic heterocycles. The van der Waals surface area contributed by atoms with Gasteiger partial charge in [-0.1, -0.05) is 0 Å². The SMILES string of the molecule is CS(=O)(=O)N(CCF)C1C(=O)N2C(C(=O)OCc3ccc([N+](=O)[O-])cc3)C(=O)CC12. The number of halogens is 1. The van der Waals surface area contributed by atoms with E-state index in [0.29, 0.717) is 9.87 Å². The number of nitro benzene ring substituents is 1. The predicted molar refractivity (Wildman–Crippen MR) is 98.3 cm³/mol. The highest BCUT2D eigenvalue weighted by atomic mass is 32.2. The van der Waals surface area contributed by atoms with Crippen LogP contribution in [-0.4, -0.2) is 77.8 Å². The summed E-state index contributed by atoms with van der Waals surface area (Å²) in [6, 6.07) is 1.65. The van der Waals surface area contributed by atoms with Crippen LogP contribution < -0.4 is 0 Å². The molecule has 2 aliphatic heterocycles. The number of rotatable bonds is 8. The average Bonchev–Trinajstić information content (AvgIpc) is 2.98. The fraction of sp³-hybridized carbons (Fsp3) is 0.471. The molecule has 0 aliphatic carbocycles. The number of sulfonamides is 1. The van der Waals surface area contributed by atoms with Gasteiger partial charge >= 0.3 is 5.97 Å². The first-order chi connectivity index (χ1) is 14.1. The van der Waals surface area contributed by atoms with Crippen LogP contribution in [0.2, 0.25) is 0 Å². The lowest BCUT2D eigenvalue weighted by Crippen LogP contribution is -2.71. The quantitative estimate of drug-likeness (QED) is 0.176. The zero-order valence-electron chi connectivity index (χ0n) is 15.8. The second-order valence-electron chi connectivity index (χ2n) is 6.92. The van der Waals surface area contributed by atoms with Crippen molar-refractivity contribution in [2.24, 2.45) is 0 Å². The molecule has 162 valence electrons. The molecule has 0 saturated carbocycles. The molecule has 2 heterocycles. The maximum absolute atomic E-state index is 12.8. The fourth-order valence-electron chi connectivity index (χ4n) is 3.65. The largest absolute Gasteiger partial charge is 0.459 e. The van der Waals surface area contributed by atoms with Crippen LogP contribution in [0.4, 0.5) is 10.1 Å². The number of amides is 1. The van der Waals surface area contributed by atoms with Crippen LogP contribution in [0.5, 0.6) is 0 Å². The number of β-lactam (4-membered cyclic amide) rings is 1. The molecule has 2 aliphatic rings. The molecule has 0 bridgehead atoms. The molecule has 3 unspecified atom stereocenters. The average molecular weight is 443 g/mol. The van der Waals surface area contributed by atoms with Gasteiger partial charge in [0, 0.05) is 25.1 Å². The van der Waals surface area contributed by atoms with Gasteiger partial charge in [-0.2, -0.15) is 4.31 Å². The van der Waals surface area contributed by atoms with Crippen LogP contribution >= 0.6 is 0 Å². The molecule has 1 amide bonds. The maximum Gasteiger partial charge on any atom is 0.337 e. The number of ether oxygens (including phenoxy) is 1. The molecule has 2 saturated heterocycles. The Morgan fingerprint density at radius 3 is 2.50 bits per heavy atom. The van der Waals surface area contributed by atoms with Gasteiger partial charge in [0.1, 0.15) is 19.3 Å². The van der Waals surface area contributed by atoms with Crippen LogP contribution in [0.15, 0.2) is 24.3 Å². The number of carbonyl (C=O) groups excluding carboxylic acids is 3. The summed E-state index contributed by atoms with van der Waals surface area (Å²) in [7, 11) is -3.90. The van der Waals surface area contributed by atoms with Crippen LogP contribution in [0.25, 0.3) is 0 Å². The summed E-state index contributed by atoms with van der Waals surface area (Å²) < 4.78 is 42.3. The van der Waals surface area contributed by atoms with Crippen LogP contribution in [-0.2, 0) is 35.8 Å². The highest BCUT2D eigenvalue weighted by molar-refractivity contribution is 7.88. The van der Waals surface area contributed by atoms with Crippen molar-refractivity contribution in [2.45, 2.75) is 31.2 Å². The molecule has 30 heavy (non-hydrogen) atoms. The number of benzene rings is 1. The number of nitrogens with zero attached hydrogens (tertiary/aromatic N) is 3. The molecule has 3 atom stereocenters. The van der Waals surface area contributed by atoms with Crippen molar-refractivity contribution in [3.8, 4) is 0 Å². The highest BCUT2D eigenvalue weighted by Gasteiger charge is 2.63. The fourth-order valence-corrected chi connectivity index (χ4v) is 4.70. The number of esters is 1. The topological polar surface area (TPSA) is 144 Å². The first kappa shape index (κ1) is 21.8. The lowest BCUT2D eigenvalue weighted by molar-refractivity contribution is -0.384. The van der Waals surface area contributed by atoms with E-state index in [0.717, 1.165) is 11.2 Å². The Labute approximate surface area is 170 Å². The van der Waals surface area contributed by atoms with Crippen molar-refractivity contribution in [3.63, 3.8) is 0 Å². The van der Waals surface area contributed by atoms with E-state index in [4.69, 9.17) is 4.74 Å². The van der Waals surface area contributed by atoms with Crippen LogP contribution in [0.1, 0.15) is 12.0 Å². The van der Waals surface area contributed by atoms with E-state index in [9.17, 15) is 37.3 Å². The Balaban J connectivity index is 1.68. The summed E-state index contributed by atoms with van der Waals surface area (Å²) in [4.78, 5) is 48.3. The number of alkyl halides is 1. The summed E-state index contributed by atoms with van der Waals surface area (Å²) in [6.07, 6.45) is 0.595. The van der Waals surface area contributed by atoms with E-state index >= 15 is 0 Å². The smallest absolute Gasteiger partial charge is 0.337 e. The Morgan fingerprint density at radius 1 is 1.33 bits per heavy atom. The van der Waals surface area contributed by atoms with Gasteiger partial charge in [-0.3, -0.25) is 19.7 Å². The van der Waals surface area contributed by atoms with E-state index in [1.807, 2.05) is 0 Å². The summed E-state index contributed by atoms with van der Waals surface area (Å²) in [5.41, 5.74) is 0.301. The van der Waals surface area contributed by atoms with E-state index in [2.05, 4.69) is 0 Å². The Morgan fingerprint density at radius 2 is 1.97 bits per heavy atom. The minimum absolute atomic E-state index is 0.139. The van der Waals surface area contributed by atoms with Crippen molar-refractivity contribution >= 4 is 33.4 Å². The van der Waals surface area contributed by atoms with Gasteiger partial charge in [-0.05, 0) is 17.7 Å². The van der Waals surface area contributed by atoms with E-state index in [1.165, 1.54) is 24.3 Å². The van der Waals surface area contributed by atoms with Gasteiger partial charge in [-0.25, -0.2) is 17.6 Å². The zero-order valence-corrected chi connectivity index (χ0v) is 16.6. The standard InChI is InChI=1S/C17H18FN3O8S/c1-30(27,28)19(7-6-18)14-12-8-13(22)15(20(12)16(14)23)17(24)29-9-10-2-4-11(5-3-10)21(25)26/h2-5,12,14-15H,6-9H2,1H3. The third-order valence-corrected chi connectivity index (χ3v) is 6.28. The number of hydrogen-bond donors (Lipinski definition) is 0. The van der Waals surface area contributed by atoms with E-state index in [1.54, 1.807) is 0 Å². The third kappa shape index (κ3) is 3.89. The first-order valence-electron chi connectivity index (χ1n) is 8.84. The summed E-state index contributed by atoms with van der Waals surface area (Å²) >= 11 is 0. The molecular weight excluding hydrogens is 425 g/mol. The van der Waals surface area contributed by atoms with Crippen molar-refractivity contribution in [1.29, 1.82) is 0 Å². The Bertz CT molecular complexity index is 997. The van der Waals surface area contributed by atoms with Crippen molar-refractivity contribution < 1.29 is 36.9 Å². The number of carbonyl (C=O) groups is 3. The van der Waals surface area contributed by atoms with Crippen LogP contribution in [0.3, 0.4) is 0 Å². The van der Waals surface area contributed by atoms with Crippen LogP contribution in [0, 0.1) is 10.1 Å². The molecule has 1 aromatic carbocycles. The summed E-state index contributed by atoms with van der Waals surface area (Å²) in [5.74, 6) is -2.34. The lowest BCUT2D eigenvalue weighted by Gasteiger charge is -2.47. The Kier molecular flexibility index (Phi) is 5.85. The normalized spacial score (nSPS) is 23.3. The van der Waals surface area contributed by atoms with Gasteiger partial charge < -0.3 is 9.64 Å². The summed E-state index contributed by atoms with van der Waals surface area (Å²) in [5, 5.41) is 10.7. The molecule has 13 heteroatoms. The Hall–Kier alpha value is -2.93. The molecular formula is C17H18FN3O8S. The molecule has 0 spiro atoms. The number of Topliss-reactive ketones (excluding diaryl/α,β-unsaturated/α-hetero) is 1. The highest BCUT2D eigenvalue weighted by Crippen LogP contribution is 2.37. The van der Waals surface area contributed by atoms with E-state index in [-0.39, 0.29) is 18.7 Å². The van der Waals surface area contributed by atoms with Gasteiger partial charge in [0.15, 0.2) is 11.8 Å². The molecule has 11 nitrogen and oxygen atoms in total. The molecule has 0 N–H and O–H groups in total. The number of hydrogen-bond acceptors (Lipinski definition) is 8. The monoisotopic (exact) mass is 443 g/mol. The maximum atomic E-state index is 12.8. The third-order valence-electron chi connectivity index (χ3n) is 5.02. The number of non-ortho nitro benzene ring substituents is 1. The van der Waals surface area contributed by atoms with Crippen molar-refractivity contribution in [1.82, 2.24) is 9.21 Å². The molecule has 0 radical (unpaired) electrons. The van der Waals surface area contributed by atoms with Gasteiger partial charge in [0.05, 0.1) is 17.2 Å². The first-order valence-corrected chi connectivity index (χ1v) is 10.7. The minimum atomic E-state index is -3.90. The minimum Gasteiger partial charge on any atom is -0.459 e. The number of ketones is 1. The van der Waals surface area contributed by atoms with Gasteiger partial charge in [0.2, 0.25) is 15.9 Å². The number of fused-ring (bicyclic) bond motifs is 1. The van der Waals surface area contributed by atoms with Gasteiger partial charge in [-0.15, -0.1) is 0 Å². The van der Waals surface area contributed by atoms with Crippen molar-refractivity contribution in [2.75, 3.05) is 19.5 Å². The molecule has 3 rings (SSSR count).